The minimum Gasteiger partial charge on any atom is -0.337 e. The zero-order valence-electron chi connectivity index (χ0n) is 16.0. The van der Waals surface area contributed by atoms with Crippen molar-refractivity contribution >= 4 is 34.0 Å². The van der Waals surface area contributed by atoms with Gasteiger partial charge in [0.1, 0.15) is 0 Å². The number of hydrogen-bond donors (Lipinski definition) is 1. The van der Waals surface area contributed by atoms with Crippen molar-refractivity contribution in [1.29, 1.82) is 0 Å². The van der Waals surface area contributed by atoms with Crippen LogP contribution in [0.15, 0.2) is 59.5 Å². The number of carbonyl (C=O) groups is 1. The molecule has 6 nitrogen and oxygen atoms in total. The van der Waals surface area contributed by atoms with Gasteiger partial charge >= 0.3 is 0 Å². The molecular formula is C20H26ClN3O3S. The molecule has 0 bridgehead atoms. The van der Waals surface area contributed by atoms with Crippen LogP contribution in [-0.2, 0) is 10.0 Å². The predicted molar refractivity (Wildman–Crippen MR) is 114 cm³/mol. The van der Waals surface area contributed by atoms with Crippen LogP contribution >= 0.6 is 12.4 Å². The molecule has 1 saturated heterocycles. The third kappa shape index (κ3) is 4.48. The van der Waals surface area contributed by atoms with Gasteiger partial charge in [0, 0.05) is 31.7 Å². The van der Waals surface area contributed by atoms with E-state index in [0.717, 1.165) is 19.5 Å². The SMILES string of the molecule is CCN(c1ccccc1)S(=O)(=O)c1cccc(C(=O)N(C)C2CCNC2)c1.Cl. The Labute approximate surface area is 173 Å². The minimum atomic E-state index is -3.75. The fourth-order valence-corrected chi connectivity index (χ4v) is 4.86. The summed E-state index contributed by atoms with van der Waals surface area (Å²) in [6.07, 6.45) is 0.901. The Balaban J connectivity index is 0.00000280. The predicted octanol–water partition coefficient (Wildman–Crippen LogP) is 2.76. The largest absolute Gasteiger partial charge is 0.337 e. The molecule has 1 amide bonds. The van der Waals surface area contributed by atoms with E-state index in [9.17, 15) is 13.2 Å². The zero-order chi connectivity index (χ0) is 19.4. The second-order valence-electron chi connectivity index (χ2n) is 6.60. The van der Waals surface area contributed by atoms with E-state index >= 15 is 0 Å². The van der Waals surface area contributed by atoms with Crippen LogP contribution in [0.2, 0.25) is 0 Å². The number of benzene rings is 2. The van der Waals surface area contributed by atoms with Crippen LogP contribution < -0.4 is 9.62 Å². The highest BCUT2D eigenvalue weighted by molar-refractivity contribution is 7.92. The molecule has 1 aliphatic rings. The smallest absolute Gasteiger partial charge is 0.264 e. The normalized spacial score (nSPS) is 16.3. The number of amides is 1. The van der Waals surface area contributed by atoms with Crippen molar-refractivity contribution in [3.05, 3.63) is 60.2 Å². The van der Waals surface area contributed by atoms with Crippen LogP contribution in [0.3, 0.4) is 0 Å². The van der Waals surface area contributed by atoms with Crippen molar-refractivity contribution in [2.75, 3.05) is 31.0 Å². The van der Waals surface area contributed by atoms with Gasteiger partial charge in [0.05, 0.1) is 10.6 Å². The van der Waals surface area contributed by atoms with E-state index in [2.05, 4.69) is 5.32 Å². The van der Waals surface area contributed by atoms with E-state index in [0.29, 0.717) is 17.8 Å². The Morgan fingerprint density at radius 3 is 2.46 bits per heavy atom. The molecule has 1 heterocycles. The number of likely N-dealkylation sites (N-methyl/N-ethyl adjacent to an activating group) is 1. The number of carbonyl (C=O) groups excluding carboxylic acids is 1. The molecule has 1 N–H and O–H groups in total. The molecule has 152 valence electrons. The van der Waals surface area contributed by atoms with Crippen LogP contribution in [0.4, 0.5) is 5.69 Å². The van der Waals surface area contributed by atoms with Crippen LogP contribution in [0.1, 0.15) is 23.7 Å². The standard InChI is InChI=1S/C20H25N3O3S.ClH/c1-3-23(17-9-5-4-6-10-17)27(25,26)19-11-7-8-16(14-19)20(24)22(2)18-12-13-21-15-18;/h4-11,14,18,21H,3,12-13,15H2,1-2H3;1H. The molecule has 0 radical (unpaired) electrons. The number of rotatable bonds is 6. The molecule has 0 spiro atoms. The number of halogens is 1. The molecule has 0 saturated carbocycles. The molecule has 1 fully saturated rings. The van der Waals surface area contributed by atoms with Gasteiger partial charge < -0.3 is 10.2 Å². The number of hydrogen-bond acceptors (Lipinski definition) is 4. The van der Waals surface area contributed by atoms with E-state index in [-0.39, 0.29) is 29.3 Å². The van der Waals surface area contributed by atoms with Crippen LogP contribution in [0.5, 0.6) is 0 Å². The highest BCUT2D eigenvalue weighted by Gasteiger charge is 2.27. The summed E-state index contributed by atoms with van der Waals surface area (Å²) in [5, 5.41) is 3.24. The summed E-state index contributed by atoms with van der Waals surface area (Å²) >= 11 is 0. The quantitative estimate of drug-likeness (QED) is 0.775. The summed E-state index contributed by atoms with van der Waals surface area (Å²) in [7, 11) is -1.99. The van der Waals surface area contributed by atoms with E-state index in [1.54, 1.807) is 55.3 Å². The van der Waals surface area contributed by atoms with Crippen molar-refractivity contribution in [2.45, 2.75) is 24.3 Å². The van der Waals surface area contributed by atoms with Gasteiger partial charge in [-0.2, -0.15) is 0 Å². The van der Waals surface area contributed by atoms with E-state index < -0.39 is 10.0 Å². The topological polar surface area (TPSA) is 69.7 Å². The van der Waals surface area contributed by atoms with E-state index in [4.69, 9.17) is 0 Å². The lowest BCUT2D eigenvalue weighted by Crippen LogP contribution is -2.38. The molecule has 1 unspecified atom stereocenters. The number of nitrogens with zero attached hydrogens (tertiary/aromatic N) is 2. The van der Waals surface area contributed by atoms with Crippen molar-refractivity contribution < 1.29 is 13.2 Å². The Bertz CT molecular complexity index is 900. The lowest BCUT2D eigenvalue weighted by molar-refractivity contribution is 0.0743. The molecule has 0 aromatic heterocycles. The summed E-state index contributed by atoms with van der Waals surface area (Å²) in [6.45, 7) is 3.75. The minimum absolute atomic E-state index is 0. The zero-order valence-corrected chi connectivity index (χ0v) is 17.7. The Hall–Kier alpha value is -2.09. The molecular weight excluding hydrogens is 398 g/mol. The fourth-order valence-electron chi connectivity index (χ4n) is 3.34. The fraction of sp³-hybridized carbons (Fsp3) is 0.350. The second-order valence-corrected chi connectivity index (χ2v) is 8.46. The molecule has 1 aliphatic heterocycles. The van der Waals surface area contributed by atoms with Gasteiger partial charge in [0.2, 0.25) is 0 Å². The Morgan fingerprint density at radius 1 is 1.14 bits per heavy atom. The summed E-state index contributed by atoms with van der Waals surface area (Å²) in [5.41, 5.74) is 0.987. The van der Waals surface area contributed by atoms with Gasteiger partial charge in [-0.15, -0.1) is 12.4 Å². The van der Waals surface area contributed by atoms with Gasteiger partial charge in [0.25, 0.3) is 15.9 Å². The average molecular weight is 424 g/mol. The van der Waals surface area contributed by atoms with Crippen LogP contribution in [-0.4, -0.2) is 51.9 Å². The van der Waals surface area contributed by atoms with Gasteiger partial charge in [0.15, 0.2) is 0 Å². The average Bonchev–Trinajstić information content (AvgIpc) is 3.23. The highest BCUT2D eigenvalue weighted by atomic mass is 35.5. The third-order valence-corrected chi connectivity index (χ3v) is 6.80. The first-order valence-electron chi connectivity index (χ1n) is 9.11. The summed E-state index contributed by atoms with van der Waals surface area (Å²) in [4.78, 5) is 14.6. The van der Waals surface area contributed by atoms with Crippen molar-refractivity contribution in [3.8, 4) is 0 Å². The lowest BCUT2D eigenvalue weighted by Gasteiger charge is -2.25. The molecule has 2 aromatic rings. The highest BCUT2D eigenvalue weighted by Crippen LogP contribution is 2.24. The molecule has 3 rings (SSSR count). The van der Waals surface area contributed by atoms with Crippen molar-refractivity contribution in [3.63, 3.8) is 0 Å². The monoisotopic (exact) mass is 423 g/mol. The van der Waals surface area contributed by atoms with Crippen LogP contribution in [0, 0.1) is 0 Å². The van der Waals surface area contributed by atoms with Gasteiger partial charge in [-0.05, 0) is 50.2 Å². The maximum absolute atomic E-state index is 13.2. The third-order valence-electron chi connectivity index (χ3n) is 4.90. The van der Waals surface area contributed by atoms with Gasteiger partial charge in [-0.3, -0.25) is 9.10 Å². The molecule has 8 heteroatoms. The van der Waals surface area contributed by atoms with Crippen molar-refractivity contribution in [2.24, 2.45) is 0 Å². The number of anilines is 1. The van der Waals surface area contributed by atoms with Gasteiger partial charge in [-0.25, -0.2) is 8.42 Å². The molecule has 1 atom stereocenters. The summed E-state index contributed by atoms with van der Waals surface area (Å²) in [6, 6.07) is 15.4. The summed E-state index contributed by atoms with van der Waals surface area (Å²) < 4.78 is 27.7. The Kier molecular flexibility index (Phi) is 7.46. The maximum atomic E-state index is 13.2. The number of nitrogens with one attached hydrogen (secondary N) is 1. The first-order chi connectivity index (χ1) is 12.9. The number of para-hydroxylation sites is 1. The second kappa shape index (κ2) is 9.41. The van der Waals surface area contributed by atoms with Crippen LogP contribution in [0.25, 0.3) is 0 Å². The first kappa shape index (κ1) is 22.2. The lowest BCUT2D eigenvalue weighted by atomic mass is 10.1. The summed E-state index contributed by atoms with van der Waals surface area (Å²) in [5.74, 6) is -0.163. The first-order valence-corrected chi connectivity index (χ1v) is 10.5. The van der Waals surface area contributed by atoms with Crippen molar-refractivity contribution in [1.82, 2.24) is 10.2 Å². The molecule has 28 heavy (non-hydrogen) atoms. The molecule has 0 aliphatic carbocycles. The van der Waals surface area contributed by atoms with E-state index in [1.807, 2.05) is 6.07 Å². The maximum Gasteiger partial charge on any atom is 0.264 e. The molecule has 2 aromatic carbocycles. The van der Waals surface area contributed by atoms with Gasteiger partial charge in [-0.1, -0.05) is 24.3 Å². The Morgan fingerprint density at radius 2 is 1.86 bits per heavy atom. The number of sulfonamides is 1. The van der Waals surface area contributed by atoms with E-state index in [1.165, 1.54) is 16.4 Å².